The third kappa shape index (κ3) is 2.96. The molecule has 1 atom stereocenters. The number of halogens is 3. The molecule has 0 amide bonds. The van der Waals surface area contributed by atoms with E-state index >= 15 is 0 Å². The fourth-order valence-corrected chi connectivity index (χ4v) is 4.37. The monoisotopic (exact) mass is 341 g/mol. The number of thiazole rings is 1. The maximum absolute atomic E-state index is 12.7. The Labute approximate surface area is 138 Å². The average molecular weight is 341 g/mol. The summed E-state index contributed by atoms with van der Waals surface area (Å²) in [5.41, 5.74) is 1.63. The first-order chi connectivity index (χ1) is 10.8. The summed E-state index contributed by atoms with van der Waals surface area (Å²) in [6, 6.07) is 5.86. The van der Waals surface area contributed by atoms with Gasteiger partial charge >= 0.3 is 11.3 Å². The molecule has 2 aromatic rings. The van der Waals surface area contributed by atoms with Gasteiger partial charge in [0.2, 0.25) is 0 Å². The average Bonchev–Trinajstić information content (AvgIpc) is 2.96. The van der Waals surface area contributed by atoms with Crippen LogP contribution in [0.4, 0.5) is 18.3 Å². The van der Waals surface area contributed by atoms with Gasteiger partial charge in [0.25, 0.3) is 0 Å². The quantitative estimate of drug-likeness (QED) is 0.754. The number of benzene rings is 1. The number of aromatic nitrogens is 1. The SMILES string of the molecule is CCc1sc2[n+](c1C)CC(C)N2Cc1ccc(C(F)(F)F)cc1. The van der Waals surface area contributed by atoms with Crippen molar-refractivity contribution in [3.8, 4) is 0 Å². The molecule has 0 aliphatic carbocycles. The van der Waals surface area contributed by atoms with Gasteiger partial charge in [-0.25, -0.2) is 9.47 Å². The van der Waals surface area contributed by atoms with Crippen molar-refractivity contribution in [2.45, 2.75) is 52.5 Å². The van der Waals surface area contributed by atoms with Gasteiger partial charge in [-0.15, -0.1) is 0 Å². The fraction of sp³-hybridized carbons (Fsp3) is 0.471. The van der Waals surface area contributed by atoms with Gasteiger partial charge in [-0.05, 0) is 38.0 Å². The smallest absolute Gasteiger partial charge is 0.242 e. The number of hydrogen-bond acceptors (Lipinski definition) is 2. The number of alkyl halides is 3. The van der Waals surface area contributed by atoms with Crippen LogP contribution in [0.15, 0.2) is 24.3 Å². The molecule has 1 aliphatic heterocycles. The maximum Gasteiger partial charge on any atom is 0.416 e. The molecule has 0 fully saturated rings. The van der Waals surface area contributed by atoms with Crippen molar-refractivity contribution >= 4 is 16.5 Å². The van der Waals surface area contributed by atoms with Crippen LogP contribution < -0.4 is 9.47 Å². The van der Waals surface area contributed by atoms with Crippen LogP contribution >= 0.6 is 11.3 Å². The zero-order chi connectivity index (χ0) is 16.8. The van der Waals surface area contributed by atoms with Gasteiger partial charge in [-0.2, -0.15) is 13.2 Å². The van der Waals surface area contributed by atoms with E-state index in [9.17, 15) is 13.2 Å². The van der Waals surface area contributed by atoms with Gasteiger partial charge in [-0.1, -0.05) is 30.4 Å². The van der Waals surface area contributed by atoms with Crippen LogP contribution in [0.5, 0.6) is 0 Å². The molecule has 1 unspecified atom stereocenters. The number of aryl methyl sites for hydroxylation is 1. The molecule has 0 radical (unpaired) electrons. The molecule has 1 aromatic carbocycles. The van der Waals surface area contributed by atoms with E-state index < -0.39 is 11.7 Å². The van der Waals surface area contributed by atoms with E-state index in [1.54, 1.807) is 23.5 Å². The number of fused-ring (bicyclic) bond motifs is 1. The van der Waals surface area contributed by atoms with Crippen molar-refractivity contribution in [3.63, 3.8) is 0 Å². The van der Waals surface area contributed by atoms with Crippen LogP contribution in [-0.4, -0.2) is 6.04 Å². The molecular formula is C17H20F3N2S+. The minimum absolute atomic E-state index is 0.355. The van der Waals surface area contributed by atoms with E-state index in [-0.39, 0.29) is 0 Å². The predicted molar refractivity (Wildman–Crippen MR) is 85.7 cm³/mol. The van der Waals surface area contributed by atoms with Crippen LogP contribution in [0.2, 0.25) is 0 Å². The third-order valence-corrected chi connectivity index (χ3v) is 5.90. The topological polar surface area (TPSA) is 7.12 Å². The maximum atomic E-state index is 12.7. The zero-order valence-electron chi connectivity index (χ0n) is 13.4. The zero-order valence-corrected chi connectivity index (χ0v) is 14.3. The van der Waals surface area contributed by atoms with E-state index in [2.05, 4.69) is 30.2 Å². The lowest BCUT2D eigenvalue weighted by atomic mass is 10.1. The molecule has 0 spiro atoms. The van der Waals surface area contributed by atoms with Crippen molar-refractivity contribution in [2.75, 3.05) is 4.90 Å². The molecule has 0 saturated carbocycles. The van der Waals surface area contributed by atoms with Crippen molar-refractivity contribution in [3.05, 3.63) is 46.0 Å². The summed E-state index contributed by atoms with van der Waals surface area (Å²) in [5.74, 6) is 0. The third-order valence-electron chi connectivity index (χ3n) is 4.43. The molecular weight excluding hydrogens is 321 g/mol. The highest BCUT2D eigenvalue weighted by molar-refractivity contribution is 7.15. The van der Waals surface area contributed by atoms with E-state index in [0.29, 0.717) is 12.6 Å². The highest BCUT2D eigenvalue weighted by Crippen LogP contribution is 2.33. The predicted octanol–water partition coefficient (Wildman–Crippen LogP) is 4.33. The van der Waals surface area contributed by atoms with Crippen molar-refractivity contribution in [1.82, 2.24) is 0 Å². The summed E-state index contributed by atoms with van der Waals surface area (Å²) in [5, 5.41) is 1.21. The number of hydrogen-bond donors (Lipinski definition) is 0. The second-order valence-electron chi connectivity index (χ2n) is 6.03. The summed E-state index contributed by atoms with van der Waals surface area (Å²) in [6.45, 7) is 8.04. The first kappa shape index (κ1) is 16.3. The highest BCUT2D eigenvalue weighted by atomic mass is 32.1. The van der Waals surface area contributed by atoms with Crippen LogP contribution in [-0.2, 0) is 25.7 Å². The van der Waals surface area contributed by atoms with E-state index in [1.165, 1.54) is 27.8 Å². The highest BCUT2D eigenvalue weighted by Gasteiger charge is 2.39. The summed E-state index contributed by atoms with van der Waals surface area (Å²) < 4.78 is 40.3. The Hall–Kier alpha value is -1.56. The fourth-order valence-electron chi connectivity index (χ4n) is 3.06. The summed E-state index contributed by atoms with van der Waals surface area (Å²) in [6.07, 6.45) is -3.26. The normalized spacial score (nSPS) is 17.7. The summed E-state index contributed by atoms with van der Waals surface area (Å²) in [4.78, 5) is 3.67. The molecule has 6 heteroatoms. The second kappa shape index (κ2) is 5.82. The van der Waals surface area contributed by atoms with Crippen LogP contribution in [0.25, 0.3) is 0 Å². The minimum Gasteiger partial charge on any atom is -0.242 e. The molecule has 0 N–H and O–H groups in total. The lowest BCUT2D eigenvalue weighted by molar-refractivity contribution is -0.676. The Morgan fingerprint density at radius 2 is 1.91 bits per heavy atom. The number of anilines is 1. The van der Waals surface area contributed by atoms with Crippen LogP contribution in [0.3, 0.4) is 0 Å². The number of rotatable bonds is 3. The molecule has 23 heavy (non-hydrogen) atoms. The van der Waals surface area contributed by atoms with Crippen molar-refractivity contribution in [2.24, 2.45) is 0 Å². The molecule has 2 nitrogen and oxygen atoms in total. The van der Waals surface area contributed by atoms with Gasteiger partial charge in [0, 0.05) is 0 Å². The molecule has 0 bridgehead atoms. The molecule has 1 aliphatic rings. The van der Waals surface area contributed by atoms with Gasteiger partial charge < -0.3 is 0 Å². The van der Waals surface area contributed by atoms with Crippen molar-refractivity contribution in [1.29, 1.82) is 0 Å². The Kier molecular flexibility index (Phi) is 4.12. The first-order valence-electron chi connectivity index (χ1n) is 7.76. The van der Waals surface area contributed by atoms with E-state index in [4.69, 9.17) is 0 Å². The van der Waals surface area contributed by atoms with Gasteiger partial charge in [-0.3, -0.25) is 0 Å². The van der Waals surface area contributed by atoms with Gasteiger partial charge in [0.1, 0.15) is 24.8 Å². The Balaban J connectivity index is 1.84. The standard InChI is InChI=1S/C17H20F3N2S/c1-4-15-12(3)22-9-11(2)21(16(22)23-15)10-13-5-7-14(8-6-13)17(18,19)20/h5-8,11H,4,9-10H2,1-3H3/q+1. The van der Waals surface area contributed by atoms with Gasteiger partial charge in [0.05, 0.1) is 10.4 Å². The van der Waals surface area contributed by atoms with E-state index in [0.717, 1.165) is 18.5 Å². The summed E-state index contributed by atoms with van der Waals surface area (Å²) >= 11 is 1.80. The Morgan fingerprint density at radius 3 is 2.48 bits per heavy atom. The molecule has 2 heterocycles. The number of nitrogens with zero attached hydrogens (tertiary/aromatic N) is 2. The van der Waals surface area contributed by atoms with E-state index in [1.807, 2.05) is 0 Å². The first-order valence-corrected chi connectivity index (χ1v) is 8.57. The Morgan fingerprint density at radius 1 is 1.26 bits per heavy atom. The lowest BCUT2D eigenvalue weighted by Gasteiger charge is -2.15. The second-order valence-corrected chi connectivity index (χ2v) is 7.09. The summed E-state index contributed by atoms with van der Waals surface area (Å²) in [7, 11) is 0. The Bertz CT molecular complexity index is 704. The van der Waals surface area contributed by atoms with Crippen molar-refractivity contribution < 1.29 is 17.7 Å². The molecule has 0 saturated heterocycles. The minimum atomic E-state index is -4.27. The lowest BCUT2D eigenvalue weighted by Crippen LogP contribution is -2.34. The molecule has 3 rings (SSSR count). The molecule has 124 valence electrons. The largest absolute Gasteiger partial charge is 0.416 e. The van der Waals surface area contributed by atoms with Crippen LogP contribution in [0.1, 0.15) is 35.5 Å². The van der Waals surface area contributed by atoms with Gasteiger partial charge in [0.15, 0.2) is 0 Å². The molecule has 1 aromatic heterocycles. The van der Waals surface area contributed by atoms with Crippen LogP contribution in [0, 0.1) is 6.92 Å².